The van der Waals surface area contributed by atoms with E-state index in [1.165, 1.54) is 5.56 Å². The fourth-order valence-electron chi connectivity index (χ4n) is 6.97. The zero-order chi connectivity index (χ0) is 24.7. The molecule has 2 aliphatic carbocycles. The van der Waals surface area contributed by atoms with E-state index in [2.05, 4.69) is 49.3 Å². The van der Waals surface area contributed by atoms with Crippen molar-refractivity contribution >= 4 is 6.03 Å². The van der Waals surface area contributed by atoms with E-state index < -0.39 is 11.2 Å². The molecule has 1 aromatic carbocycles. The second-order valence-electron chi connectivity index (χ2n) is 12.0. The Kier molecular flexibility index (Phi) is 6.66. The van der Waals surface area contributed by atoms with Crippen LogP contribution in [0.1, 0.15) is 69.8 Å². The zero-order valence-electron chi connectivity index (χ0n) is 21.5. The number of aliphatic hydroxyl groups is 2. The third-order valence-electron chi connectivity index (χ3n) is 9.74. The lowest BCUT2D eigenvalue weighted by molar-refractivity contribution is -0.0725. The van der Waals surface area contributed by atoms with Crippen molar-refractivity contribution in [3.63, 3.8) is 0 Å². The van der Waals surface area contributed by atoms with E-state index in [1.807, 2.05) is 9.80 Å². The Labute approximate surface area is 210 Å². The topological polar surface area (TPSA) is 76.5 Å². The summed E-state index contributed by atoms with van der Waals surface area (Å²) in [6.07, 6.45) is 8.20. The van der Waals surface area contributed by atoms with Crippen LogP contribution in [0.2, 0.25) is 0 Å². The van der Waals surface area contributed by atoms with Crippen molar-refractivity contribution in [2.75, 3.05) is 46.9 Å². The first-order valence-corrected chi connectivity index (χ1v) is 13.5. The summed E-state index contributed by atoms with van der Waals surface area (Å²) in [6, 6.07) is 10.8. The van der Waals surface area contributed by atoms with Crippen LogP contribution in [0.25, 0.3) is 0 Å². The Morgan fingerprint density at radius 1 is 0.914 bits per heavy atom. The van der Waals surface area contributed by atoms with E-state index >= 15 is 0 Å². The predicted molar refractivity (Wildman–Crippen MR) is 135 cm³/mol. The van der Waals surface area contributed by atoms with Crippen LogP contribution in [0, 0.1) is 0 Å². The molecule has 194 valence electrons. The van der Waals surface area contributed by atoms with Gasteiger partial charge < -0.3 is 24.7 Å². The Hall–Kier alpha value is -1.67. The number of urea groups is 1. The summed E-state index contributed by atoms with van der Waals surface area (Å²) in [6.45, 7) is 2.84. The van der Waals surface area contributed by atoms with Gasteiger partial charge in [0.1, 0.15) is 0 Å². The lowest BCUT2D eigenvalue weighted by Gasteiger charge is -2.52. The second-order valence-corrected chi connectivity index (χ2v) is 12.0. The highest BCUT2D eigenvalue weighted by atomic mass is 16.5. The van der Waals surface area contributed by atoms with Crippen molar-refractivity contribution in [2.24, 2.45) is 0 Å². The van der Waals surface area contributed by atoms with Crippen LogP contribution < -0.4 is 0 Å². The highest BCUT2D eigenvalue weighted by Gasteiger charge is 2.56. The SMILES string of the molecule is CN(C)[C@]1(c2ccccc2)CC[C@@]2(CC1)CN(CCC1(O)CCOCC1)C(=O)N2CC1(O)CCC1. The molecule has 2 aliphatic heterocycles. The van der Waals surface area contributed by atoms with Gasteiger partial charge in [-0.1, -0.05) is 30.3 Å². The summed E-state index contributed by atoms with van der Waals surface area (Å²) in [4.78, 5) is 20.1. The van der Waals surface area contributed by atoms with Gasteiger partial charge >= 0.3 is 6.03 Å². The summed E-state index contributed by atoms with van der Waals surface area (Å²) in [7, 11) is 4.33. The van der Waals surface area contributed by atoms with Crippen molar-refractivity contribution in [3.05, 3.63) is 35.9 Å². The number of hydrogen-bond acceptors (Lipinski definition) is 5. The molecule has 2 N–H and O–H groups in total. The molecular formula is C28H43N3O4. The van der Waals surface area contributed by atoms with Gasteiger partial charge in [-0.2, -0.15) is 0 Å². The third kappa shape index (κ3) is 4.61. The molecule has 2 saturated heterocycles. The van der Waals surface area contributed by atoms with Crippen molar-refractivity contribution in [3.8, 4) is 0 Å². The van der Waals surface area contributed by atoms with E-state index in [4.69, 9.17) is 4.74 Å². The predicted octanol–water partition coefficient (Wildman–Crippen LogP) is 3.34. The van der Waals surface area contributed by atoms with Gasteiger partial charge in [-0.05, 0) is 83.9 Å². The van der Waals surface area contributed by atoms with Gasteiger partial charge in [-0.25, -0.2) is 4.79 Å². The molecule has 0 atom stereocenters. The molecule has 4 aliphatic rings. The molecule has 2 heterocycles. The van der Waals surface area contributed by atoms with E-state index in [1.54, 1.807) is 0 Å². The van der Waals surface area contributed by atoms with Crippen molar-refractivity contribution < 1.29 is 19.7 Å². The quantitative estimate of drug-likeness (QED) is 0.620. The van der Waals surface area contributed by atoms with Gasteiger partial charge in [-0.3, -0.25) is 4.90 Å². The largest absolute Gasteiger partial charge is 0.390 e. The van der Waals surface area contributed by atoms with Crippen LogP contribution >= 0.6 is 0 Å². The minimum Gasteiger partial charge on any atom is -0.390 e. The Morgan fingerprint density at radius 2 is 1.57 bits per heavy atom. The molecule has 0 radical (unpaired) electrons. The maximum absolute atomic E-state index is 13.8. The van der Waals surface area contributed by atoms with Crippen LogP contribution in [-0.2, 0) is 10.3 Å². The van der Waals surface area contributed by atoms with Gasteiger partial charge in [0, 0.05) is 31.8 Å². The molecule has 35 heavy (non-hydrogen) atoms. The third-order valence-corrected chi connectivity index (χ3v) is 9.74. The minimum absolute atomic E-state index is 0.0399. The Bertz CT molecular complexity index is 887. The average molecular weight is 486 g/mol. The summed E-state index contributed by atoms with van der Waals surface area (Å²) in [5.74, 6) is 0. The van der Waals surface area contributed by atoms with E-state index in [9.17, 15) is 15.0 Å². The molecule has 0 unspecified atom stereocenters. The maximum Gasteiger partial charge on any atom is 0.320 e. The number of β-amino-alcohol motifs (C(OH)–C–C–N with tert-alkyl or cyclic N) is 1. The van der Waals surface area contributed by atoms with Gasteiger partial charge in [0.25, 0.3) is 0 Å². The number of amides is 2. The molecule has 5 rings (SSSR count). The first-order chi connectivity index (χ1) is 16.7. The zero-order valence-corrected chi connectivity index (χ0v) is 21.5. The average Bonchev–Trinajstić information content (AvgIpc) is 3.09. The number of carbonyl (C=O) groups excluding carboxylic acids is 1. The first-order valence-electron chi connectivity index (χ1n) is 13.5. The number of nitrogens with zero attached hydrogens (tertiary/aromatic N) is 3. The fourth-order valence-corrected chi connectivity index (χ4v) is 6.97. The molecule has 4 fully saturated rings. The number of benzene rings is 1. The molecule has 2 amide bonds. The molecule has 0 bridgehead atoms. The van der Waals surface area contributed by atoms with Gasteiger partial charge in [0.2, 0.25) is 0 Å². The van der Waals surface area contributed by atoms with Crippen molar-refractivity contribution in [1.29, 1.82) is 0 Å². The molecule has 7 heteroatoms. The Morgan fingerprint density at radius 3 is 2.14 bits per heavy atom. The normalized spacial score (nSPS) is 32.3. The van der Waals surface area contributed by atoms with E-state index in [0.717, 1.165) is 44.9 Å². The smallest absolute Gasteiger partial charge is 0.320 e. The standard InChI is InChI=1S/C28H43N3O4/c1-29(2)28(23-7-4-3-5-8-23)13-11-25(12-14-28)21-30(18-15-26(33)16-19-35-20-17-26)24(32)31(25)22-27(34)9-6-10-27/h3-5,7-8,33-34H,6,9-22H2,1-2H3/t25-,28-. The van der Waals surface area contributed by atoms with Crippen LogP contribution in [0.3, 0.4) is 0 Å². The summed E-state index contributed by atoms with van der Waals surface area (Å²) >= 11 is 0. The summed E-state index contributed by atoms with van der Waals surface area (Å²) < 4.78 is 5.43. The minimum atomic E-state index is -0.745. The van der Waals surface area contributed by atoms with Crippen LogP contribution in [0.4, 0.5) is 4.79 Å². The van der Waals surface area contributed by atoms with Gasteiger partial charge in [-0.15, -0.1) is 0 Å². The molecule has 7 nitrogen and oxygen atoms in total. The van der Waals surface area contributed by atoms with Crippen molar-refractivity contribution in [2.45, 2.75) is 86.5 Å². The lowest BCUT2D eigenvalue weighted by atomic mass is 9.67. The monoisotopic (exact) mass is 485 g/mol. The number of carbonyl (C=O) groups is 1. The maximum atomic E-state index is 13.8. The first kappa shape index (κ1) is 25.0. The molecule has 1 spiro atoms. The number of rotatable bonds is 7. The van der Waals surface area contributed by atoms with Crippen LogP contribution in [0.15, 0.2) is 30.3 Å². The summed E-state index contributed by atoms with van der Waals surface area (Å²) in [5.41, 5.74) is -0.445. The number of hydrogen-bond donors (Lipinski definition) is 2. The Balaban J connectivity index is 1.36. The molecule has 2 saturated carbocycles. The second kappa shape index (κ2) is 9.33. The molecule has 1 aromatic rings. The van der Waals surface area contributed by atoms with Gasteiger partial charge in [0.05, 0.1) is 23.3 Å². The van der Waals surface area contributed by atoms with E-state index in [0.29, 0.717) is 52.1 Å². The lowest BCUT2D eigenvalue weighted by Crippen LogP contribution is -2.59. The highest BCUT2D eigenvalue weighted by molar-refractivity contribution is 5.78. The fraction of sp³-hybridized carbons (Fsp3) is 0.750. The van der Waals surface area contributed by atoms with Crippen LogP contribution in [0.5, 0.6) is 0 Å². The van der Waals surface area contributed by atoms with E-state index in [-0.39, 0.29) is 17.1 Å². The summed E-state index contributed by atoms with van der Waals surface area (Å²) in [5, 5.41) is 22.1. The van der Waals surface area contributed by atoms with Gasteiger partial charge in [0.15, 0.2) is 0 Å². The number of ether oxygens (including phenoxy) is 1. The molecular weight excluding hydrogens is 442 g/mol. The van der Waals surface area contributed by atoms with Crippen molar-refractivity contribution in [1.82, 2.24) is 14.7 Å². The molecule has 0 aromatic heterocycles. The van der Waals surface area contributed by atoms with Crippen LogP contribution in [-0.4, -0.2) is 94.6 Å². The highest BCUT2D eigenvalue weighted by Crippen LogP contribution is 2.50.